The van der Waals surface area contributed by atoms with Crippen molar-refractivity contribution in [1.29, 1.82) is 0 Å². The molecule has 28 heteroatoms. The van der Waals surface area contributed by atoms with E-state index in [2.05, 4.69) is 76.2 Å². The SMILES string of the molecule is CCC1OC(CC)C2C3OC(C(C(=O)OC)C3C(=O)OC(C)(C)C)C12.CCC1OC(CC)C2C3OC(C(C(=O)OC)C3C(=O)OC3(CC)CCCC3)C12.CCC1OC(CC)C2C3OC(C(COC)C3C(=O)OC)C12.CCC1OC(CC)C2C3OC(CC3C(C)C(=O)OC)C12.CCOC(C)OC(=O)CC(OC1CCCCO1)C1CC2OC1C1C(CC)OC(CC)C21. The molecule has 42 unspecified atom stereocenters. The molecule has 17 aliphatic rings. The van der Waals surface area contributed by atoms with Crippen LogP contribution >= 0.6 is 0 Å². The lowest BCUT2D eigenvalue weighted by molar-refractivity contribution is -0.211. The van der Waals surface area contributed by atoms with Gasteiger partial charge in [-0.25, -0.2) is 0 Å². The fourth-order valence-electron chi connectivity index (χ4n) is 27.4. The summed E-state index contributed by atoms with van der Waals surface area (Å²) in [5.41, 5.74) is -0.984. The molecule has 1 saturated carbocycles. The van der Waals surface area contributed by atoms with Crippen LogP contribution in [0.1, 0.15) is 253 Å². The Bertz CT molecular complexity index is 3560. The number of carbonyl (C=O) groups excluding carboxylic acids is 7. The summed E-state index contributed by atoms with van der Waals surface area (Å²) in [4.78, 5) is 88.1. The van der Waals surface area contributed by atoms with Gasteiger partial charge in [-0.15, -0.1) is 0 Å². The number of hydrogen-bond donors (Lipinski definition) is 0. The molecule has 0 aromatic rings. The van der Waals surface area contributed by atoms with Crippen molar-refractivity contribution in [2.45, 2.75) is 405 Å². The minimum absolute atomic E-state index is 0.0607. The summed E-state index contributed by atoms with van der Waals surface area (Å²) < 4.78 is 123. The average Bonchev–Trinajstić information content (AvgIpc) is 1.56. The summed E-state index contributed by atoms with van der Waals surface area (Å²) in [7, 11) is 7.34. The summed E-state index contributed by atoms with van der Waals surface area (Å²) >= 11 is 0. The van der Waals surface area contributed by atoms with Gasteiger partial charge in [0.25, 0.3) is 0 Å². The molecule has 0 amide bonds. The van der Waals surface area contributed by atoms with E-state index in [-0.39, 0.29) is 217 Å². The Morgan fingerprint density at radius 3 is 1.17 bits per heavy atom. The topological polar surface area (TPSA) is 313 Å². The molecular weight excluding hydrogens is 1610 g/mol. The number of fused-ring (bicyclic) bond motifs is 25. The molecular formula is C97H156O28. The fourth-order valence-corrected chi connectivity index (χ4v) is 27.4. The molecule has 16 saturated heterocycles. The Morgan fingerprint density at radius 1 is 0.408 bits per heavy atom. The van der Waals surface area contributed by atoms with Crippen LogP contribution in [0.4, 0.5) is 0 Å². The van der Waals surface area contributed by atoms with Gasteiger partial charge in [0, 0.05) is 97.3 Å². The van der Waals surface area contributed by atoms with Crippen LogP contribution in [-0.2, 0) is 133 Å². The van der Waals surface area contributed by atoms with Gasteiger partial charge in [-0.3, -0.25) is 33.6 Å². The molecule has 17 rings (SSSR count). The quantitative estimate of drug-likeness (QED) is 0.0381. The molecule has 42 atom stereocenters. The molecule has 0 aromatic carbocycles. The number of hydrogen-bond acceptors (Lipinski definition) is 28. The van der Waals surface area contributed by atoms with Crippen LogP contribution in [0.3, 0.4) is 0 Å². The van der Waals surface area contributed by atoms with Crippen LogP contribution in [0, 0.1) is 112 Å². The van der Waals surface area contributed by atoms with Gasteiger partial charge in [-0.2, -0.15) is 0 Å². The van der Waals surface area contributed by atoms with Gasteiger partial charge in [0.05, 0.1) is 205 Å². The molecule has 16 heterocycles. The number of esters is 7. The predicted octanol–water partition coefficient (Wildman–Crippen LogP) is 13.5. The van der Waals surface area contributed by atoms with Crippen molar-refractivity contribution >= 4 is 41.8 Å². The molecule has 28 nitrogen and oxygen atoms in total. The lowest BCUT2D eigenvalue weighted by Crippen LogP contribution is -2.50. The summed E-state index contributed by atoms with van der Waals surface area (Å²) in [6.07, 6.45) is 19.7. The van der Waals surface area contributed by atoms with E-state index in [0.717, 1.165) is 128 Å². The van der Waals surface area contributed by atoms with Crippen molar-refractivity contribution in [3.63, 3.8) is 0 Å². The number of methoxy groups -OCH3 is 5. The molecule has 16 aliphatic heterocycles. The molecule has 1 aliphatic carbocycles. The zero-order valence-corrected chi connectivity index (χ0v) is 79.2. The van der Waals surface area contributed by atoms with Crippen LogP contribution < -0.4 is 0 Å². The van der Waals surface area contributed by atoms with Crippen molar-refractivity contribution < 1.29 is 133 Å². The minimum atomic E-state index is -0.619. The fraction of sp³-hybridized carbons (Fsp3) is 0.928. The van der Waals surface area contributed by atoms with E-state index in [9.17, 15) is 33.6 Å². The number of ether oxygens (including phenoxy) is 21. The summed E-state index contributed by atoms with van der Waals surface area (Å²) in [5.74, 6) is -0.976. The van der Waals surface area contributed by atoms with Crippen LogP contribution in [0.2, 0.25) is 0 Å². The van der Waals surface area contributed by atoms with Crippen molar-refractivity contribution in [3.8, 4) is 0 Å². The molecule has 0 N–H and O–H groups in total. The predicted molar refractivity (Wildman–Crippen MR) is 454 cm³/mol. The van der Waals surface area contributed by atoms with Gasteiger partial charge in [0.1, 0.15) is 11.2 Å². The first-order valence-corrected chi connectivity index (χ1v) is 49.0. The normalized spacial score (nSPS) is 43.9. The van der Waals surface area contributed by atoms with Gasteiger partial charge in [-0.1, -0.05) is 83.1 Å². The van der Waals surface area contributed by atoms with Crippen molar-refractivity contribution in [2.24, 2.45) is 112 Å². The second-order valence-corrected chi connectivity index (χ2v) is 39.7. The van der Waals surface area contributed by atoms with Gasteiger partial charge >= 0.3 is 41.8 Å². The van der Waals surface area contributed by atoms with E-state index in [1.807, 2.05) is 34.6 Å². The van der Waals surface area contributed by atoms with Gasteiger partial charge in [-0.05, 0) is 163 Å². The molecule has 17 fully saturated rings. The zero-order chi connectivity index (χ0) is 90.1. The first-order chi connectivity index (χ1) is 60.1. The lowest BCUT2D eigenvalue weighted by Gasteiger charge is -2.37. The third-order valence-electron chi connectivity index (χ3n) is 32.5. The van der Waals surface area contributed by atoms with E-state index in [4.69, 9.17) is 99.5 Å². The van der Waals surface area contributed by atoms with E-state index < -0.39 is 41.5 Å². The highest BCUT2D eigenvalue weighted by atomic mass is 16.7. The molecule has 10 bridgehead atoms. The van der Waals surface area contributed by atoms with Gasteiger partial charge < -0.3 is 99.5 Å². The summed E-state index contributed by atoms with van der Waals surface area (Å²) in [6.45, 7) is 36.4. The van der Waals surface area contributed by atoms with Crippen LogP contribution in [-0.4, -0.2) is 249 Å². The number of carbonyl (C=O) groups is 7. The van der Waals surface area contributed by atoms with Gasteiger partial charge in [0.15, 0.2) is 12.6 Å². The van der Waals surface area contributed by atoms with E-state index in [0.29, 0.717) is 73.5 Å². The van der Waals surface area contributed by atoms with Crippen LogP contribution in [0.25, 0.3) is 0 Å². The highest BCUT2D eigenvalue weighted by Crippen LogP contribution is 2.64. The summed E-state index contributed by atoms with van der Waals surface area (Å²) in [6, 6.07) is 0. The summed E-state index contributed by atoms with van der Waals surface area (Å²) in [5, 5.41) is 0. The molecule has 125 heavy (non-hydrogen) atoms. The highest BCUT2D eigenvalue weighted by Gasteiger charge is 2.74. The van der Waals surface area contributed by atoms with Crippen molar-refractivity contribution in [1.82, 2.24) is 0 Å². The van der Waals surface area contributed by atoms with Crippen molar-refractivity contribution in [3.05, 3.63) is 0 Å². The first-order valence-electron chi connectivity index (χ1n) is 49.0. The Hall–Kier alpha value is -4.27. The maximum absolute atomic E-state index is 13.4. The van der Waals surface area contributed by atoms with Crippen LogP contribution in [0.5, 0.6) is 0 Å². The van der Waals surface area contributed by atoms with Crippen molar-refractivity contribution in [2.75, 3.05) is 55.4 Å². The Labute approximate surface area is 743 Å². The third kappa shape index (κ3) is 19.0. The van der Waals surface area contributed by atoms with E-state index in [1.54, 1.807) is 14.0 Å². The minimum Gasteiger partial charge on any atom is -0.469 e. The van der Waals surface area contributed by atoms with E-state index in [1.165, 1.54) is 28.4 Å². The molecule has 0 aromatic heterocycles. The Morgan fingerprint density at radius 2 is 0.784 bits per heavy atom. The monoisotopic (exact) mass is 1770 g/mol. The molecule has 0 spiro atoms. The van der Waals surface area contributed by atoms with Crippen LogP contribution in [0.15, 0.2) is 0 Å². The maximum atomic E-state index is 13.4. The standard InChI is InChI=1S/C24H40O7.C22H34O6.C19H30O6.C16H26O5.C16H26O4/c1-5-16-22-19-12-15(24(31-19)23(22)17(6-2)29-16)18(30-21-10-8-9-11-27-21)13-20(25)28-14(4)26-7-3;1-5-12-14-15(13(6-2)26-12)19-17(16(18(14)27-19)20(23)25-4)21(24)28-22(7-3)10-8-9-11-22;1-7-9-11-12(10(8-2)23-9)16-14(18(21)25-19(3,4)5)13(15(11)24-16)17(20)22-6;1-5-9-12-13(10(6-2)20-9)15-11(16(17)19-4)8(7-18-3)14(12)21-15;1-5-10-13-12-7-9(8(3)16(17)18-4)15(20-12)14(13)11(6-2)19-10/h14-19,21-24H,5-13H2,1-4H3;12-19H,5-11H2,1-4H3;9-16H,7-8H2,1-6H3;8-15H,5-7H2,1-4H3;8-15H,5-7H2,1-4H3. The number of rotatable bonds is 29. The van der Waals surface area contributed by atoms with E-state index >= 15 is 0 Å². The highest BCUT2D eigenvalue weighted by molar-refractivity contribution is 5.86. The third-order valence-corrected chi connectivity index (χ3v) is 32.5. The smallest absolute Gasteiger partial charge is 0.313 e. The maximum Gasteiger partial charge on any atom is 0.313 e. The zero-order valence-electron chi connectivity index (χ0n) is 79.2. The molecule has 0 radical (unpaired) electrons. The Kier molecular flexibility index (Phi) is 33.3. The Balaban J connectivity index is 0.000000135. The second kappa shape index (κ2) is 42.3. The second-order valence-electron chi connectivity index (χ2n) is 39.7. The lowest BCUT2D eigenvalue weighted by atomic mass is 9.65. The largest absolute Gasteiger partial charge is 0.469 e. The first kappa shape index (κ1) is 98.2. The van der Waals surface area contributed by atoms with Gasteiger partial charge in [0.2, 0.25) is 0 Å². The molecule has 712 valence electrons. The average molecular weight is 1770 g/mol.